The number of fused-ring (bicyclic) bond motifs is 1. The van der Waals surface area contributed by atoms with Crippen LogP contribution in [0.5, 0.6) is 0 Å². The molecule has 0 radical (unpaired) electrons. The summed E-state index contributed by atoms with van der Waals surface area (Å²) in [6.07, 6.45) is 17.0. The molecule has 98 valence electrons. The molecule has 0 heteroatoms. The summed E-state index contributed by atoms with van der Waals surface area (Å²) in [4.78, 5) is 0. The summed E-state index contributed by atoms with van der Waals surface area (Å²) in [6, 6.07) is 0. The zero-order valence-electron chi connectivity index (χ0n) is 11.7. The van der Waals surface area contributed by atoms with Crippen molar-refractivity contribution in [3.63, 3.8) is 0 Å². The molecule has 0 bridgehead atoms. The molecule has 4 atom stereocenters. The molecule has 0 saturated heterocycles. The molecule has 3 fully saturated rings. The lowest BCUT2D eigenvalue weighted by atomic mass is 9.68. The van der Waals surface area contributed by atoms with E-state index in [4.69, 9.17) is 0 Å². The van der Waals surface area contributed by atoms with Gasteiger partial charge in [0.05, 0.1) is 0 Å². The Morgan fingerprint density at radius 3 is 2.24 bits per heavy atom. The number of hydrogen-bond donors (Lipinski definition) is 0. The molecule has 0 amide bonds. The molecular weight excluding hydrogens is 204 g/mol. The van der Waals surface area contributed by atoms with Crippen LogP contribution in [0, 0.1) is 29.6 Å². The Morgan fingerprint density at radius 1 is 0.706 bits per heavy atom. The molecule has 0 nitrogen and oxygen atoms in total. The second kappa shape index (κ2) is 5.33. The maximum absolute atomic E-state index is 2.61. The highest BCUT2D eigenvalue weighted by Crippen LogP contribution is 2.51. The average molecular weight is 234 g/mol. The van der Waals surface area contributed by atoms with Crippen LogP contribution < -0.4 is 0 Å². The summed E-state index contributed by atoms with van der Waals surface area (Å²) in [5, 5.41) is 0. The van der Waals surface area contributed by atoms with E-state index in [1.165, 1.54) is 32.1 Å². The highest BCUT2D eigenvalue weighted by atomic mass is 14.5. The van der Waals surface area contributed by atoms with Crippen molar-refractivity contribution in [3.8, 4) is 0 Å². The molecule has 0 N–H and O–H groups in total. The fourth-order valence-corrected chi connectivity index (χ4v) is 5.44. The third-order valence-electron chi connectivity index (χ3n) is 6.46. The lowest BCUT2D eigenvalue weighted by Crippen LogP contribution is -2.28. The Balaban J connectivity index is 1.62. The fraction of sp³-hybridized carbons (Fsp3) is 1.00. The molecule has 0 aromatic carbocycles. The van der Waals surface area contributed by atoms with Gasteiger partial charge in [0.2, 0.25) is 0 Å². The molecule has 0 aromatic heterocycles. The molecule has 3 rings (SSSR count). The van der Waals surface area contributed by atoms with Crippen LogP contribution in [0.2, 0.25) is 0 Å². The van der Waals surface area contributed by atoms with E-state index in [9.17, 15) is 0 Å². The molecule has 17 heavy (non-hydrogen) atoms. The molecule has 3 aliphatic rings. The fourth-order valence-electron chi connectivity index (χ4n) is 5.44. The van der Waals surface area contributed by atoms with Crippen LogP contribution in [0.3, 0.4) is 0 Å². The zero-order valence-corrected chi connectivity index (χ0v) is 11.7. The van der Waals surface area contributed by atoms with Gasteiger partial charge in [0.1, 0.15) is 0 Å². The standard InChI is InChI=1S/C17H30/c1-13(14-7-3-2-4-8-14)16-12-11-15-9-5-6-10-17(15)16/h13-17H,2-12H2,1H3. The Bertz CT molecular complexity index is 238. The van der Waals surface area contributed by atoms with Crippen molar-refractivity contribution >= 4 is 0 Å². The van der Waals surface area contributed by atoms with E-state index in [0.717, 1.165) is 29.6 Å². The summed E-state index contributed by atoms with van der Waals surface area (Å²) < 4.78 is 0. The van der Waals surface area contributed by atoms with Crippen molar-refractivity contribution in [1.82, 2.24) is 0 Å². The largest absolute Gasteiger partial charge is 0.0620 e. The molecule has 0 aromatic rings. The second-order valence-electron chi connectivity index (χ2n) is 7.21. The van der Waals surface area contributed by atoms with Gasteiger partial charge in [0.25, 0.3) is 0 Å². The topological polar surface area (TPSA) is 0 Å². The normalized spacial score (nSPS) is 41.1. The maximum Gasteiger partial charge on any atom is -0.0355 e. The molecule has 4 unspecified atom stereocenters. The Labute approximate surface area is 108 Å². The van der Waals surface area contributed by atoms with Crippen LogP contribution in [0.15, 0.2) is 0 Å². The molecule has 3 saturated carbocycles. The third-order valence-corrected chi connectivity index (χ3v) is 6.46. The summed E-state index contributed by atoms with van der Waals surface area (Å²) in [5.74, 6) is 5.53. The average Bonchev–Trinajstić information content (AvgIpc) is 2.83. The van der Waals surface area contributed by atoms with Gasteiger partial charge in [0.15, 0.2) is 0 Å². The minimum absolute atomic E-state index is 1.04. The van der Waals surface area contributed by atoms with Crippen molar-refractivity contribution in [2.45, 2.75) is 77.6 Å². The first-order chi connectivity index (χ1) is 8.36. The number of hydrogen-bond acceptors (Lipinski definition) is 0. The Kier molecular flexibility index (Phi) is 3.78. The van der Waals surface area contributed by atoms with E-state index >= 15 is 0 Å². The van der Waals surface area contributed by atoms with E-state index in [0.29, 0.717) is 0 Å². The van der Waals surface area contributed by atoms with Crippen LogP contribution in [0.1, 0.15) is 77.6 Å². The van der Waals surface area contributed by atoms with Crippen LogP contribution >= 0.6 is 0 Å². The Morgan fingerprint density at radius 2 is 1.41 bits per heavy atom. The van der Waals surface area contributed by atoms with Crippen molar-refractivity contribution in [2.24, 2.45) is 29.6 Å². The summed E-state index contributed by atoms with van der Waals surface area (Å²) >= 11 is 0. The quantitative estimate of drug-likeness (QED) is 0.598. The minimum Gasteiger partial charge on any atom is -0.0620 e. The van der Waals surface area contributed by atoms with E-state index in [2.05, 4.69) is 6.92 Å². The predicted molar refractivity (Wildman–Crippen MR) is 73.9 cm³/mol. The first-order valence-electron chi connectivity index (χ1n) is 8.36. The van der Waals surface area contributed by atoms with Crippen LogP contribution in [-0.2, 0) is 0 Å². The van der Waals surface area contributed by atoms with Gasteiger partial charge in [-0.3, -0.25) is 0 Å². The lowest BCUT2D eigenvalue weighted by molar-refractivity contribution is 0.127. The highest BCUT2D eigenvalue weighted by Gasteiger charge is 2.41. The van der Waals surface area contributed by atoms with E-state index < -0.39 is 0 Å². The van der Waals surface area contributed by atoms with Gasteiger partial charge in [0, 0.05) is 0 Å². The minimum atomic E-state index is 1.04. The first-order valence-corrected chi connectivity index (χ1v) is 8.36. The SMILES string of the molecule is CC(C1CCCCC1)C1CCC2CCCCC21. The molecule has 0 heterocycles. The summed E-state index contributed by atoms with van der Waals surface area (Å²) in [5.41, 5.74) is 0. The van der Waals surface area contributed by atoms with Crippen molar-refractivity contribution < 1.29 is 0 Å². The molecular formula is C17H30. The highest BCUT2D eigenvalue weighted by molar-refractivity contribution is 4.91. The second-order valence-corrected chi connectivity index (χ2v) is 7.21. The van der Waals surface area contributed by atoms with Crippen LogP contribution in [0.25, 0.3) is 0 Å². The van der Waals surface area contributed by atoms with Gasteiger partial charge in [-0.15, -0.1) is 0 Å². The van der Waals surface area contributed by atoms with E-state index in [-0.39, 0.29) is 0 Å². The summed E-state index contributed by atoms with van der Waals surface area (Å²) in [7, 11) is 0. The summed E-state index contributed by atoms with van der Waals surface area (Å²) in [6.45, 7) is 2.61. The maximum atomic E-state index is 2.61. The monoisotopic (exact) mass is 234 g/mol. The van der Waals surface area contributed by atoms with Crippen molar-refractivity contribution in [2.75, 3.05) is 0 Å². The molecule has 3 aliphatic carbocycles. The van der Waals surface area contributed by atoms with Crippen molar-refractivity contribution in [1.29, 1.82) is 0 Å². The van der Waals surface area contributed by atoms with Crippen LogP contribution in [-0.4, -0.2) is 0 Å². The first kappa shape index (κ1) is 12.1. The van der Waals surface area contributed by atoms with Gasteiger partial charge in [-0.2, -0.15) is 0 Å². The molecule has 0 aliphatic heterocycles. The lowest BCUT2D eigenvalue weighted by Gasteiger charge is -2.37. The van der Waals surface area contributed by atoms with E-state index in [1.54, 1.807) is 38.5 Å². The Hall–Kier alpha value is 0. The van der Waals surface area contributed by atoms with E-state index in [1.807, 2.05) is 0 Å². The van der Waals surface area contributed by atoms with Crippen LogP contribution in [0.4, 0.5) is 0 Å². The van der Waals surface area contributed by atoms with Crippen molar-refractivity contribution in [3.05, 3.63) is 0 Å². The predicted octanol–water partition coefficient (Wildman–Crippen LogP) is 5.42. The van der Waals surface area contributed by atoms with Gasteiger partial charge in [-0.05, 0) is 48.9 Å². The van der Waals surface area contributed by atoms with Gasteiger partial charge >= 0.3 is 0 Å². The molecule has 0 spiro atoms. The zero-order chi connectivity index (χ0) is 11.7. The van der Waals surface area contributed by atoms with Gasteiger partial charge in [-0.1, -0.05) is 58.3 Å². The third kappa shape index (κ3) is 2.42. The number of rotatable bonds is 2. The van der Waals surface area contributed by atoms with Gasteiger partial charge in [-0.25, -0.2) is 0 Å². The smallest absolute Gasteiger partial charge is 0.0355 e. The van der Waals surface area contributed by atoms with Gasteiger partial charge < -0.3 is 0 Å².